The average Bonchev–Trinajstić information content (AvgIpc) is 3.17. The van der Waals surface area contributed by atoms with Gasteiger partial charge in [-0.1, -0.05) is 6.92 Å². The lowest BCUT2D eigenvalue weighted by molar-refractivity contribution is 0.163. The summed E-state index contributed by atoms with van der Waals surface area (Å²) in [6, 6.07) is 0.762. The lowest BCUT2D eigenvalue weighted by Crippen LogP contribution is -2.44. The van der Waals surface area contributed by atoms with Gasteiger partial charge in [0, 0.05) is 26.3 Å². The molecule has 18 heavy (non-hydrogen) atoms. The van der Waals surface area contributed by atoms with Crippen LogP contribution in [0.25, 0.3) is 0 Å². The summed E-state index contributed by atoms with van der Waals surface area (Å²) >= 11 is 0. The molecule has 2 fully saturated rings. The number of likely N-dealkylation sites (tertiary alicyclic amines) is 1. The third kappa shape index (κ3) is 4.22. The molecule has 106 valence electrons. The zero-order valence-corrected chi connectivity index (χ0v) is 12.2. The van der Waals surface area contributed by atoms with Crippen molar-refractivity contribution in [2.45, 2.75) is 51.5 Å². The number of hydrogen-bond donors (Lipinski definition) is 1. The summed E-state index contributed by atoms with van der Waals surface area (Å²) in [7, 11) is 1.81. The lowest BCUT2D eigenvalue weighted by atomic mass is 10.00. The molecule has 1 saturated heterocycles. The Kier molecular flexibility index (Phi) is 5.46. The summed E-state index contributed by atoms with van der Waals surface area (Å²) in [6.45, 7) is 8.28. The molecule has 0 unspecified atom stereocenters. The fraction of sp³-hybridized carbons (Fsp3) is 1.00. The van der Waals surface area contributed by atoms with Crippen molar-refractivity contribution in [2.24, 2.45) is 5.41 Å². The molecule has 2 rings (SSSR count). The summed E-state index contributed by atoms with van der Waals surface area (Å²) in [6.07, 6.45) is 8.00. The van der Waals surface area contributed by atoms with Crippen LogP contribution < -0.4 is 5.32 Å². The van der Waals surface area contributed by atoms with Gasteiger partial charge in [-0.05, 0) is 63.6 Å². The van der Waals surface area contributed by atoms with E-state index in [0.29, 0.717) is 5.41 Å². The number of hydrogen-bond acceptors (Lipinski definition) is 3. The van der Waals surface area contributed by atoms with Crippen LogP contribution in [0.4, 0.5) is 0 Å². The first-order valence-electron chi connectivity index (χ1n) is 7.73. The molecule has 1 aliphatic heterocycles. The smallest absolute Gasteiger partial charge is 0.0468 e. The molecule has 0 atom stereocenters. The second-order valence-electron chi connectivity index (χ2n) is 6.24. The number of ether oxygens (including phenoxy) is 1. The molecule has 0 aromatic rings. The van der Waals surface area contributed by atoms with E-state index in [2.05, 4.69) is 17.1 Å². The summed E-state index contributed by atoms with van der Waals surface area (Å²) in [4.78, 5) is 2.61. The summed E-state index contributed by atoms with van der Waals surface area (Å²) in [5.41, 5.74) is 0.594. The van der Waals surface area contributed by atoms with Gasteiger partial charge < -0.3 is 15.0 Å². The molecule has 0 aromatic carbocycles. The van der Waals surface area contributed by atoms with Gasteiger partial charge in [0.2, 0.25) is 0 Å². The Labute approximate surface area is 112 Å². The van der Waals surface area contributed by atoms with Crippen molar-refractivity contribution >= 4 is 0 Å². The first-order chi connectivity index (χ1) is 8.78. The highest BCUT2D eigenvalue weighted by Gasteiger charge is 2.42. The molecule has 0 aromatic heterocycles. The number of piperidine rings is 1. The van der Waals surface area contributed by atoms with Crippen LogP contribution in [0.15, 0.2) is 0 Å². The number of rotatable bonds is 8. The van der Waals surface area contributed by atoms with Crippen molar-refractivity contribution in [1.82, 2.24) is 10.2 Å². The van der Waals surface area contributed by atoms with Crippen LogP contribution in [0.3, 0.4) is 0 Å². The molecule has 1 aliphatic carbocycles. The predicted molar refractivity (Wildman–Crippen MR) is 75.9 cm³/mol. The van der Waals surface area contributed by atoms with Gasteiger partial charge in [0.1, 0.15) is 0 Å². The highest BCUT2D eigenvalue weighted by atomic mass is 16.5. The fourth-order valence-corrected chi connectivity index (χ4v) is 3.05. The van der Waals surface area contributed by atoms with E-state index in [1.165, 1.54) is 64.7 Å². The van der Waals surface area contributed by atoms with E-state index in [4.69, 9.17) is 4.74 Å². The van der Waals surface area contributed by atoms with E-state index in [0.717, 1.165) is 12.6 Å². The summed E-state index contributed by atoms with van der Waals surface area (Å²) in [5.74, 6) is 0. The van der Waals surface area contributed by atoms with E-state index in [9.17, 15) is 0 Å². The normalized spacial score (nSPS) is 24.3. The molecule has 1 saturated carbocycles. The second-order valence-corrected chi connectivity index (χ2v) is 6.24. The standard InChI is InChI=1S/C15H30N2O/c1-3-9-17-10-4-14(5-11-17)16-13-15(6-7-15)8-12-18-2/h14,16H,3-13H2,1-2H3. The minimum atomic E-state index is 0.594. The Morgan fingerprint density at radius 1 is 1.28 bits per heavy atom. The molecule has 0 spiro atoms. The minimum absolute atomic E-state index is 0.594. The van der Waals surface area contributed by atoms with Crippen LogP contribution in [0.5, 0.6) is 0 Å². The Morgan fingerprint density at radius 3 is 2.56 bits per heavy atom. The van der Waals surface area contributed by atoms with Crippen LogP contribution in [-0.2, 0) is 4.74 Å². The molecular formula is C15H30N2O. The Hall–Kier alpha value is -0.120. The van der Waals surface area contributed by atoms with Gasteiger partial charge in [-0.25, -0.2) is 0 Å². The summed E-state index contributed by atoms with van der Waals surface area (Å²) < 4.78 is 5.22. The fourth-order valence-electron chi connectivity index (χ4n) is 3.05. The third-order valence-electron chi connectivity index (χ3n) is 4.69. The van der Waals surface area contributed by atoms with E-state index >= 15 is 0 Å². The number of methoxy groups -OCH3 is 1. The molecule has 0 amide bonds. The molecular weight excluding hydrogens is 224 g/mol. The van der Waals surface area contributed by atoms with Gasteiger partial charge >= 0.3 is 0 Å². The topological polar surface area (TPSA) is 24.5 Å². The molecule has 0 bridgehead atoms. The number of nitrogens with zero attached hydrogens (tertiary/aromatic N) is 1. The zero-order valence-electron chi connectivity index (χ0n) is 12.2. The van der Waals surface area contributed by atoms with E-state index in [-0.39, 0.29) is 0 Å². The first kappa shape index (κ1) is 14.3. The molecule has 2 aliphatic rings. The van der Waals surface area contributed by atoms with Gasteiger partial charge in [0.25, 0.3) is 0 Å². The van der Waals surface area contributed by atoms with Crippen LogP contribution in [-0.4, -0.2) is 50.8 Å². The van der Waals surface area contributed by atoms with Crippen molar-refractivity contribution in [1.29, 1.82) is 0 Å². The van der Waals surface area contributed by atoms with E-state index < -0.39 is 0 Å². The summed E-state index contributed by atoms with van der Waals surface area (Å²) in [5, 5.41) is 3.81. The largest absolute Gasteiger partial charge is 0.385 e. The van der Waals surface area contributed by atoms with E-state index in [1.54, 1.807) is 0 Å². The zero-order chi connectivity index (χ0) is 12.8. The highest BCUT2D eigenvalue weighted by Crippen LogP contribution is 2.48. The predicted octanol–water partition coefficient (Wildman–Crippen LogP) is 2.27. The molecule has 1 heterocycles. The van der Waals surface area contributed by atoms with Crippen molar-refractivity contribution in [3.63, 3.8) is 0 Å². The SMILES string of the molecule is CCCN1CCC(NCC2(CCOC)CC2)CC1. The molecule has 1 N–H and O–H groups in total. The van der Waals surface area contributed by atoms with Crippen LogP contribution in [0, 0.1) is 5.41 Å². The first-order valence-corrected chi connectivity index (χ1v) is 7.73. The highest BCUT2D eigenvalue weighted by molar-refractivity contribution is 4.95. The maximum atomic E-state index is 5.22. The van der Waals surface area contributed by atoms with Crippen molar-refractivity contribution in [3.8, 4) is 0 Å². The maximum absolute atomic E-state index is 5.22. The van der Waals surface area contributed by atoms with Gasteiger partial charge in [-0.2, -0.15) is 0 Å². The van der Waals surface area contributed by atoms with Crippen LogP contribution >= 0.6 is 0 Å². The van der Waals surface area contributed by atoms with Gasteiger partial charge in [0.05, 0.1) is 0 Å². The minimum Gasteiger partial charge on any atom is -0.385 e. The average molecular weight is 254 g/mol. The molecule has 3 nitrogen and oxygen atoms in total. The van der Waals surface area contributed by atoms with Gasteiger partial charge in [0.15, 0.2) is 0 Å². The maximum Gasteiger partial charge on any atom is 0.0468 e. The Balaban J connectivity index is 1.60. The van der Waals surface area contributed by atoms with Crippen molar-refractivity contribution in [3.05, 3.63) is 0 Å². The van der Waals surface area contributed by atoms with Crippen molar-refractivity contribution in [2.75, 3.05) is 39.9 Å². The van der Waals surface area contributed by atoms with E-state index in [1.807, 2.05) is 7.11 Å². The third-order valence-corrected chi connectivity index (χ3v) is 4.69. The monoisotopic (exact) mass is 254 g/mol. The van der Waals surface area contributed by atoms with Crippen LogP contribution in [0.1, 0.15) is 45.4 Å². The quantitative estimate of drug-likeness (QED) is 0.719. The van der Waals surface area contributed by atoms with Crippen molar-refractivity contribution < 1.29 is 4.74 Å². The molecule has 3 heteroatoms. The Bertz CT molecular complexity index is 233. The van der Waals surface area contributed by atoms with Gasteiger partial charge in [-0.15, -0.1) is 0 Å². The molecule has 0 radical (unpaired) electrons. The second kappa shape index (κ2) is 6.88. The van der Waals surface area contributed by atoms with Crippen LogP contribution in [0.2, 0.25) is 0 Å². The number of nitrogens with one attached hydrogen (secondary N) is 1. The Morgan fingerprint density at radius 2 is 2.00 bits per heavy atom. The van der Waals surface area contributed by atoms with Gasteiger partial charge in [-0.3, -0.25) is 0 Å². The lowest BCUT2D eigenvalue weighted by Gasteiger charge is -2.33.